The number of hydrogen-bond donors (Lipinski definition) is 1. The highest BCUT2D eigenvalue weighted by atomic mass is 32.1. The molecule has 0 aliphatic heterocycles. The monoisotopic (exact) mass is 316 g/mol. The summed E-state index contributed by atoms with van der Waals surface area (Å²) in [7, 11) is 0. The van der Waals surface area contributed by atoms with Gasteiger partial charge in [0.1, 0.15) is 11.5 Å². The molecule has 2 heterocycles. The van der Waals surface area contributed by atoms with E-state index < -0.39 is 12.0 Å². The molecule has 5 nitrogen and oxygen atoms in total. The number of rotatable bonds is 3. The predicted octanol–water partition coefficient (Wildman–Crippen LogP) is 3.56. The number of aromatic nitrogens is 3. The third-order valence-electron chi connectivity index (χ3n) is 3.33. The minimum absolute atomic E-state index is 0.235. The highest BCUT2D eigenvalue weighted by molar-refractivity contribution is 7.71. The normalized spacial score (nSPS) is 22.1. The maximum absolute atomic E-state index is 12.7. The van der Waals surface area contributed by atoms with Gasteiger partial charge in [-0.1, -0.05) is 6.92 Å². The summed E-state index contributed by atoms with van der Waals surface area (Å²) in [5.74, 6) is 0.983. The van der Waals surface area contributed by atoms with Crippen LogP contribution in [0.25, 0.3) is 0 Å². The number of H-pyrrole nitrogens is 1. The Bertz CT molecular complexity index is 742. The molecule has 0 unspecified atom stereocenters. The molecule has 2 aromatic heterocycles. The van der Waals surface area contributed by atoms with Gasteiger partial charge in [-0.25, -0.2) is 5.10 Å². The molecule has 1 aliphatic carbocycles. The van der Waals surface area contributed by atoms with Gasteiger partial charge in [-0.2, -0.15) is 22.9 Å². The molecule has 0 spiro atoms. The second-order valence-electron chi connectivity index (χ2n) is 4.97. The Labute approximate surface area is 122 Å². The van der Waals surface area contributed by atoms with Gasteiger partial charge in [-0.3, -0.25) is 0 Å². The Kier molecular flexibility index (Phi) is 3.23. The van der Waals surface area contributed by atoms with Crippen molar-refractivity contribution in [2.75, 3.05) is 0 Å². The van der Waals surface area contributed by atoms with E-state index in [-0.39, 0.29) is 4.77 Å². The minimum Gasteiger partial charge on any atom is -0.460 e. The summed E-state index contributed by atoms with van der Waals surface area (Å²) in [6.45, 7) is 2.11. The molecule has 2 atom stereocenters. The summed E-state index contributed by atoms with van der Waals surface area (Å²) in [4.78, 5) is 0. The molecule has 0 bridgehead atoms. The van der Waals surface area contributed by atoms with Crippen molar-refractivity contribution in [1.82, 2.24) is 14.9 Å². The molecule has 21 heavy (non-hydrogen) atoms. The summed E-state index contributed by atoms with van der Waals surface area (Å²) >= 11 is 4.73. The first-order valence-corrected chi connectivity index (χ1v) is 6.66. The average molecular weight is 316 g/mol. The SMILES string of the molecule is C[C@H]1C[C@H]1c1ccc(/C=N\n2c(C(F)(F)F)n[nH]c2=S)o1. The van der Waals surface area contributed by atoms with E-state index in [1.165, 1.54) is 6.21 Å². The van der Waals surface area contributed by atoms with Gasteiger partial charge in [0, 0.05) is 5.92 Å². The first-order chi connectivity index (χ1) is 9.86. The van der Waals surface area contributed by atoms with E-state index >= 15 is 0 Å². The fourth-order valence-electron chi connectivity index (χ4n) is 2.05. The molecule has 0 radical (unpaired) electrons. The Balaban J connectivity index is 1.85. The lowest BCUT2D eigenvalue weighted by atomic mass is 10.3. The Hall–Kier alpha value is -1.90. The number of hydrogen-bond acceptors (Lipinski definition) is 4. The molecular weight excluding hydrogens is 305 g/mol. The van der Waals surface area contributed by atoms with Crippen molar-refractivity contribution in [2.45, 2.75) is 25.4 Å². The summed E-state index contributed by atoms with van der Waals surface area (Å²) < 4.78 is 43.9. The van der Waals surface area contributed by atoms with E-state index in [2.05, 4.69) is 22.2 Å². The van der Waals surface area contributed by atoms with Crippen LogP contribution in [0.15, 0.2) is 21.7 Å². The van der Waals surface area contributed by atoms with E-state index in [4.69, 9.17) is 16.6 Å². The fourth-order valence-corrected chi connectivity index (χ4v) is 2.23. The standard InChI is InChI=1S/C12H11F3N4OS/c1-6-4-8(6)9-3-2-7(20-9)5-16-19-10(12(13,14)15)17-18-11(19)21/h2-3,5-6,8H,4H2,1H3,(H,18,21)/b16-5-/t6-,8+/m0/s1. The molecule has 1 aliphatic rings. The highest BCUT2D eigenvalue weighted by Crippen LogP contribution is 2.47. The predicted molar refractivity (Wildman–Crippen MR) is 70.6 cm³/mol. The van der Waals surface area contributed by atoms with Crippen molar-refractivity contribution in [3.05, 3.63) is 34.2 Å². The molecule has 1 N–H and O–H groups in total. The molecule has 1 fully saturated rings. The van der Waals surface area contributed by atoms with Crippen molar-refractivity contribution in [3.8, 4) is 0 Å². The van der Waals surface area contributed by atoms with Gasteiger partial charge in [-0.15, -0.1) is 5.10 Å². The number of nitrogens with zero attached hydrogens (tertiary/aromatic N) is 3. The topological polar surface area (TPSA) is 59.1 Å². The van der Waals surface area contributed by atoms with Crippen LogP contribution in [0.4, 0.5) is 13.2 Å². The van der Waals surface area contributed by atoms with E-state index in [1.807, 2.05) is 6.07 Å². The Morgan fingerprint density at radius 3 is 2.86 bits per heavy atom. The number of halogens is 3. The van der Waals surface area contributed by atoms with Gasteiger partial charge in [0.25, 0.3) is 5.82 Å². The first kappa shape index (κ1) is 14.1. The number of alkyl halides is 3. The van der Waals surface area contributed by atoms with E-state index in [1.54, 1.807) is 6.07 Å². The van der Waals surface area contributed by atoms with Crippen LogP contribution in [-0.4, -0.2) is 21.1 Å². The number of nitrogens with one attached hydrogen (secondary N) is 1. The summed E-state index contributed by atoms with van der Waals surface area (Å²) in [6.07, 6.45) is -2.38. The summed E-state index contributed by atoms with van der Waals surface area (Å²) in [6, 6.07) is 3.48. The van der Waals surface area contributed by atoms with Crippen LogP contribution in [0.3, 0.4) is 0 Å². The minimum atomic E-state index is -4.64. The molecule has 0 amide bonds. The molecule has 112 valence electrons. The van der Waals surface area contributed by atoms with Crippen LogP contribution >= 0.6 is 12.2 Å². The Morgan fingerprint density at radius 2 is 2.24 bits per heavy atom. The quantitative estimate of drug-likeness (QED) is 0.696. The maximum Gasteiger partial charge on any atom is 0.453 e. The van der Waals surface area contributed by atoms with E-state index in [0.717, 1.165) is 12.2 Å². The lowest BCUT2D eigenvalue weighted by molar-refractivity contribution is -0.147. The van der Waals surface area contributed by atoms with Crippen molar-refractivity contribution in [1.29, 1.82) is 0 Å². The largest absolute Gasteiger partial charge is 0.460 e. The molecule has 2 aromatic rings. The third-order valence-corrected chi connectivity index (χ3v) is 3.59. The highest BCUT2D eigenvalue weighted by Gasteiger charge is 2.38. The molecule has 3 rings (SSSR count). The van der Waals surface area contributed by atoms with Crippen LogP contribution in [-0.2, 0) is 6.18 Å². The van der Waals surface area contributed by atoms with E-state index in [9.17, 15) is 13.2 Å². The average Bonchev–Trinajstić information content (AvgIpc) is 2.83. The van der Waals surface area contributed by atoms with Gasteiger partial charge in [-0.05, 0) is 36.7 Å². The molecule has 1 saturated carbocycles. The molecule has 0 saturated heterocycles. The van der Waals surface area contributed by atoms with Crippen molar-refractivity contribution < 1.29 is 17.6 Å². The van der Waals surface area contributed by atoms with Gasteiger partial charge in [0.2, 0.25) is 4.77 Å². The molecular formula is C12H11F3N4OS. The van der Waals surface area contributed by atoms with E-state index in [0.29, 0.717) is 22.3 Å². The van der Waals surface area contributed by atoms with Crippen molar-refractivity contribution >= 4 is 18.4 Å². The van der Waals surface area contributed by atoms with Gasteiger partial charge < -0.3 is 4.42 Å². The zero-order valence-electron chi connectivity index (χ0n) is 10.9. The zero-order valence-corrected chi connectivity index (χ0v) is 11.7. The van der Waals surface area contributed by atoms with Crippen molar-refractivity contribution in [2.24, 2.45) is 11.0 Å². The zero-order chi connectivity index (χ0) is 15.2. The van der Waals surface area contributed by atoms with Crippen LogP contribution in [0.1, 0.15) is 36.6 Å². The fraction of sp³-hybridized carbons (Fsp3) is 0.417. The second-order valence-corrected chi connectivity index (χ2v) is 5.35. The van der Waals surface area contributed by atoms with Gasteiger partial charge >= 0.3 is 6.18 Å². The second kappa shape index (κ2) is 4.83. The first-order valence-electron chi connectivity index (χ1n) is 6.25. The number of furan rings is 1. The van der Waals surface area contributed by atoms with Crippen molar-refractivity contribution in [3.63, 3.8) is 0 Å². The lowest BCUT2D eigenvalue weighted by Crippen LogP contribution is -2.12. The third kappa shape index (κ3) is 2.78. The molecule has 0 aromatic carbocycles. The van der Waals surface area contributed by atoms with Crippen LogP contribution in [0.5, 0.6) is 0 Å². The smallest absolute Gasteiger partial charge is 0.453 e. The lowest BCUT2D eigenvalue weighted by Gasteiger charge is -2.03. The van der Waals surface area contributed by atoms with Crippen LogP contribution in [0.2, 0.25) is 0 Å². The van der Waals surface area contributed by atoms with Gasteiger partial charge in [0.15, 0.2) is 0 Å². The van der Waals surface area contributed by atoms with Gasteiger partial charge in [0.05, 0.1) is 6.21 Å². The summed E-state index contributed by atoms with van der Waals surface area (Å²) in [5.41, 5.74) is 0. The summed E-state index contributed by atoms with van der Waals surface area (Å²) in [5, 5.41) is 8.89. The van der Waals surface area contributed by atoms with Crippen LogP contribution in [0, 0.1) is 10.7 Å². The van der Waals surface area contributed by atoms with Crippen LogP contribution < -0.4 is 0 Å². The Morgan fingerprint density at radius 1 is 1.52 bits per heavy atom. The maximum atomic E-state index is 12.7. The molecule has 9 heteroatoms. The number of aromatic amines is 1.